The predicted molar refractivity (Wildman–Crippen MR) is 136 cm³/mol. The summed E-state index contributed by atoms with van der Waals surface area (Å²) in [7, 11) is -4.51. The van der Waals surface area contributed by atoms with Gasteiger partial charge in [-0.1, -0.05) is 12.1 Å². The average Bonchev–Trinajstić information content (AvgIpc) is 2.81. The molecule has 0 spiro atoms. The molecule has 13 heteroatoms. The summed E-state index contributed by atoms with van der Waals surface area (Å²) in [5, 5.41) is 11.8. The highest BCUT2D eigenvalue weighted by atomic mass is 32.2. The van der Waals surface area contributed by atoms with Gasteiger partial charge in [0, 0.05) is 13.0 Å². The number of fused-ring (bicyclic) bond motifs is 1. The minimum Gasteiger partial charge on any atom is -0.486 e. The van der Waals surface area contributed by atoms with Crippen LogP contribution in [0, 0.1) is 0 Å². The molecule has 2 aromatic carbocycles. The first kappa shape index (κ1) is 30.2. The number of halogens is 3. The molecule has 9 nitrogen and oxygen atoms in total. The largest absolute Gasteiger partial charge is 0.486 e. The third kappa shape index (κ3) is 7.85. The van der Waals surface area contributed by atoms with Crippen molar-refractivity contribution in [1.82, 2.24) is 5.32 Å². The number of carbonyl (C=O) groups excluding carboxylic acids is 2. The van der Waals surface area contributed by atoms with Gasteiger partial charge in [-0.2, -0.15) is 13.2 Å². The first-order valence-electron chi connectivity index (χ1n) is 12.1. The fourth-order valence-corrected chi connectivity index (χ4v) is 5.40. The molecular weight excluding hydrogens is 541 g/mol. The summed E-state index contributed by atoms with van der Waals surface area (Å²) in [6.07, 6.45) is -6.79. The molecule has 2 atom stereocenters. The van der Waals surface area contributed by atoms with E-state index in [-0.39, 0.29) is 37.4 Å². The van der Waals surface area contributed by atoms with E-state index in [1.54, 1.807) is 26.8 Å². The number of hydrogen-bond donors (Lipinski definition) is 2. The van der Waals surface area contributed by atoms with E-state index in [0.29, 0.717) is 11.6 Å². The van der Waals surface area contributed by atoms with Gasteiger partial charge in [-0.3, -0.25) is 13.9 Å². The predicted octanol–water partition coefficient (Wildman–Crippen LogP) is 3.43. The topological polar surface area (TPSA) is 122 Å². The highest BCUT2D eigenvalue weighted by molar-refractivity contribution is 7.92. The summed E-state index contributed by atoms with van der Waals surface area (Å²) >= 11 is 0. The third-order valence-electron chi connectivity index (χ3n) is 5.62. The zero-order valence-corrected chi connectivity index (χ0v) is 22.7. The number of carbonyl (C=O) groups is 2. The normalized spacial score (nSPS) is 16.6. The Morgan fingerprint density at radius 2 is 1.87 bits per heavy atom. The van der Waals surface area contributed by atoms with Gasteiger partial charge in [-0.05, 0) is 63.6 Å². The first-order chi connectivity index (χ1) is 18.0. The van der Waals surface area contributed by atoms with Crippen LogP contribution in [0.5, 0.6) is 5.75 Å². The standard InChI is InChI=1S/C26H31F3N2O7S/c1-16(32)24(34)30-11-10-19-15-31(39(35,36)20-7-5-6-18(14-20)26(27,28)29)21-12-17(8-9-22(21)37-19)13-23(33)38-25(2,3)4/h5-9,12,14,16,19,32H,10-11,13,15H2,1-4H3,(H,30,34)/t16?,19-/m0/s1. The lowest BCUT2D eigenvalue weighted by Crippen LogP contribution is -2.45. The number of nitrogens with one attached hydrogen (secondary N) is 1. The van der Waals surface area contributed by atoms with Crippen LogP contribution in [0.1, 0.15) is 45.2 Å². The maximum Gasteiger partial charge on any atom is 0.416 e. The van der Waals surface area contributed by atoms with Gasteiger partial charge >= 0.3 is 12.1 Å². The van der Waals surface area contributed by atoms with Crippen LogP contribution in [-0.4, -0.2) is 56.3 Å². The molecule has 1 amide bonds. The molecule has 1 aliphatic heterocycles. The molecule has 0 aromatic heterocycles. The lowest BCUT2D eigenvalue weighted by atomic mass is 10.1. The van der Waals surface area contributed by atoms with Crippen molar-refractivity contribution >= 4 is 27.6 Å². The molecule has 39 heavy (non-hydrogen) atoms. The summed E-state index contributed by atoms with van der Waals surface area (Å²) < 4.78 is 79.5. The molecule has 0 aliphatic carbocycles. The number of sulfonamides is 1. The number of anilines is 1. The molecule has 0 saturated carbocycles. The van der Waals surface area contributed by atoms with Crippen molar-refractivity contribution in [2.75, 3.05) is 17.4 Å². The van der Waals surface area contributed by atoms with Gasteiger partial charge in [0.1, 0.15) is 23.6 Å². The van der Waals surface area contributed by atoms with E-state index in [4.69, 9.17) is 9.47 Å². The smallest absolute Gasteiger partial charge is 0.416 e. The van der Waals surface area contributed by atoms with E-state index < -0.39 is 56.3 Å². The number of alkyl halides is 3. The second-order valence-electron chi connectivity index (χ2n) is 10.1. The Labute approximate surface area is 225 Å². The van der Waals surface area contributed by atoms with Crippen molar-refractivity contribution < 1.29 is 45.8 Å². The Kier molecular flexibility index (Phi) is 8.85. The number of aliphatic hydroxyl groups excluding tert-OH is 1. The monoisotopic (exact) mass is 572 g/mol. The third-order valence-corrected chi connectivity index (χ3v) is 7.39. The molecule has 0 bridgehead atoms. The molecule has 0 radical (unpaired) electrons. The lowest BCUT2D eigenvalue weighted by Gasteiger charge is -2.36. The molecule has 0 saturated heterocycles. The summed E-state index contributed by atoms with van der Waals surface area (Å²) in [5.41, 5.74) is -1.38. The van der Waals surface area contributed by atoms with Gasteiger partial charge in [-0.25, -0.2) is 8.42 Å². The van der Waals surface area contributed by atoms with Crippen LogP contribution in [0.15, 0.2) is 47.4 Å². The van der Waals surface area contributed by atoms with Gasteiger partial charge < -0.3 is 19.9 Å². The van der Waals surface area contributed by atoms with Crippen LogP contribution in [0.3, 0.4) is 0 Å². The minimum absolute atomic E-state index is 0.0535. The summed E-state index contributed by atoms with van der Waals surface area (Å²) in [6, 6.07) is 7.89. The van der Waals surface area contributed by atoms with Crippen molar-refractivity contribution in [3.63, 3.8) is 0 Å². The van der Waals surface area contributed by atoms with Crippen LogP contribution in [0.25, 0.3) is 0 Å². The molecule has 3 rings (SSSR count). The Morgan fingerprint density at radius 1 is 1.18 bits per heavy atom. The summed E-state index contributed by atoms with van der Waals surface area (Å²) in [6.45, 7) is 6.20. The van der Waals surface area contributed by atoms with E-state index in [2.05, 4.69) is 5.32 Å². The van der Waals surface area contributed by atoms with Gasteiger partial charge in [0.05, 0.1) is 29.1 Å². The number of aliphatic hydroxyl groups is 1. The number of ether oxygens (including phenoxy) is 2. The minimum atomic E-state index is -4.75. The highest BCUT2D eigenvalue weighted by Crippen LogP contribution is 2.39. The zero-order chi connectivity index (χ0) is 29.2. The van der Waals surface area contributed by atoms with Gasteiger partial charge in [0.2, 0.25) is 5.91 Å². The summed E-state index contributed by atoms with van der Waals surface area (Å²) in [5.74, 6) is -1.03. The fourth-order valence-electron chi connectivity index (χ4n) is 3.85. The molecule has 2 aromatic rings. The fraction of sp³-hybridized carbons (Fsp3) is 0.462. The SMILES string of the molecule is CC(O)C(=O)NCC[C@H]1CN(S(=O)(=O)c2cccc(C(F)(F)F)c2)c2cc(CC(=O)OC(C)(C)C)ccc2O1. The molecule has 1 unspecified atom stereocenters. The quantitative estimate of drug-likeness (QED) is 0.465. The molecule has 1 heterocycles. The number of amides is 1. The van der Waals surface area contributed by atoms with Crippen LogP contribution < -0.4 is 14.4 Å². The number of hydrogen-bond acceptors (Lipinski definition) is 7. The molecule has 1 aliphatic rings. The maximum atomic E-state index is 13.7. The van der Waals surface area contributed by atoms with E-state index >= 15 is 0 Å². The van der Waals surface area contributed by atoms with Crippen LogP contribution in [-0.2, 0) is 36.9 Å². The Balaban J connectivity index is 1.97. The number of esters is 1. The Bertz CT molecular complexity index is 1320. The molecule has 0 fully saturated rings. The van der Waals surface area contributed by atoms with E-state index in [0.717, 1.165) is 22.5 Å². The summed E-state index contributed by atoms with van der Waals surface area (Å²) in [4.78, 5) is 23.5. The zero-order valence-electron chi connectivity index (χ0n) is 21.9. The van der Waals surface area contributed by atoms with Gasteiger partial charge in [-0.15, -0.1) is 0 Å². The van der Waals surface area contributed by atoms with Crippen LogP contribution >= 0.6 is 0 Å². The van der Waals surface area contributed by atoms with Crippen LogP contribution in [0.4, 0.5) is 18.9 Å². The van der Waals surface area contributed by atoms with Crippen molar-refractivity contribution in [2.45, 2.75) is 69.4 Å². The second-order valence-corrected chi connectivity index (χ2v) is 12.0. The Hall–Kier alpha value is -3.32. The molecule has 2 N–H and O–H groups in total. The first-order valence-corrected chi connectivity index (χ1v) is 13.6. The highest BCUT2D eigenvalue weighted by Gasteiger charge is 2.37. The second kappa shape index (κ2) is 11.4. The van der Waals surface area contributed by atoms with Crippen molar-refractivity contribution in [3.05, 3.63) is 53.6 Å². The van der Waals surface area contributed by atoms with Crippen LogP contribution in [0.2, 0.25) is 0 Å². The number of rotatable bonds is 8. The Morgan fingerprint density at radius 3 is 2.49 bits per heavy atom. The van der Waals surface area contributed by atoms with Gasteiger partial charge in [0.25, 0.3) is 10.0 Å². The van der Waals surface area contributed by atoms with Crippen molar-refractivity contribution in [1.29, 1.82) is 0 Å². The molecule has 214 valence electrons. The van der Waals surface area contributed by atoms with E-state index in [9.17, 15) is 36.3 Å². The molecular formula is C26H31F3N2O7S. The van der Waals surface area contributed by atoms with E-state index in [1.165, 1.54) is 19.1 Å². The number of nitrogens with zero attached hydrogens (tertiary/aromatic N) is 1. The number of benzene rings is 2. The average molecular weight is 573 g/mol. The van der Waals surface area contributed by atoms with Gasteiger partial charge in [0.15, 0.2) is 0 Å². The lowest BCUT2D eigenvalue weighted by molar-refractivity contribution is -0.154. The van der Waals surface area contributed by atoms with Crippen molar-refractivity contribution in [2.24, 2.45) is 0 Å². The van der Waals surface area contributed by atoms with Crippen molar-refractivity contribution in [3.8, 4) is 5.75 Å². The van der Waals surface area contributed by atoms with E-state index in [1.807, 2.05) is 0 Å². The maximum absolute atomic E-state index is 13.7.